The SMILES string of the molecule is c1ccc(-c2cc(-c3ccc(-c4ccc(-n5c6ccccc6c6c7c(sc65)c(-c5cccc6ccccc56)nc5ccccc57)cc4)cc3)nc(-c3ccccc3)n2)cc1. The lowest BCUT2D eigenvalue weighted by molar-refractivity contribution is 1.18. The van der Waals surface area contributed by atoms with Gasteiger partial charge in [-0.3, -0.25) is 0 Å². The van der Waals surface area contributed by atoms with Crippen molar-refractivity contribution in [1.29, 1.82) is 0 Å². The van der Waals surface area contributed by atoms with E-state index in [2.05, 4.69) is 174 Å². The zero-order valence-corrected chi connectivity index (χ0v) is 33.1. The Balaban J connectivity index is 0.965. The van der Waals surface area contributed by atoms with Gasteiger partial charge in [-0.1, -0.05) is 176 Å². The zero-order valence-electron chi connectivity index (χ0n) is 32.3. The number of pyridine rings is 1. The number of para-hydroxylation sites is 2. The molecule has 0 spiro atoms. The minimum Gasteiger partial charge on any atom is -0.301 e. The zero-order chi connectivity index (χ0) is 39.6. The van der Waals surface area contributed by atoms with E-state index in [-0.39, 0.29) is 0 Å². The lowest BCUT2D eigenvalue weighted by Crippen LogP contribution is -1.95. The van der Waals surface area contributed by atoms with Crippen LogP contribution in [0.25, 0.3) is 115 Å². The fraction of sp³-hybridized carbons (Fsp3) is 0. The lowest BCUT2D eigenvalue weighted by Gasteiger charge is -2.11. The molecule has 0 radical (unpaired) electrons. The van der Waals surface area contributed by atoms with Gasteiger partial charge in [-0.2, -0.15) is 0 Å². The fourth-order valence-electron chi connectivity index (χ4n) is 8.77. The minimum absolute atomic E-state index is 0.714. The van der Waals surface area contributed by atoms with Crippen LogP contribution in [-0.2, 0) is 0 Å². The number of hydrogen-bond donors (Lipinski definition) is 0. The van der Waals surface area contributed by atoms with Crippen molar-refractivity contribution in [1.82, 2.24) is 19.5 Å². The molecule has 0 aliphatic rings. The van der Waals surface area contributed by atoms with Gasteiger partial charge in [0.1, 0.15) is 4.83 Å². The van der Waals surface area contributed by atoms with Gasteiger partial charge in [0.2, 0.25) is 0 Å². The Morgan fingerprint density at radius 3 is 1.72 bits per heavy atom. The molecule has 12 aromatic rings. The summed E-state index contributed by atoms with van der Waals surface area (Å²) >= 11 is 1.84. The third-order valence-corrected chi connectivity index (χ3v) is 12.8. The van der Waals surface area contributed by atoms with Gasteiger partial charge in [-0.05, 0) is 52.2 Å². The number of hydrogen-bond acceptors (Lipinski definition) is 4. The molecule has 0 aliphatic carbocycles. The molecule has 0 N–H and O–H groups in total. The Hall–Kier alpha value is -7.73. The van der Waals surface area contributed by atoms with Gasteiger partial charge >= 0.3 is 0 Å². The second kappa shape index (κ2) is 14.0. The quantitative estimate of drug-likeness (QED) is 0.169. The highest BCUT2D eigenvalue weighted by atomic mass is 32.1. The summed E-state index contributed by atoms with van der Waals surface area (Å²) in [5.74, 6) is 0.714. The molecule has 4 heterocycles. The molecule has 0 aliphatic heterocycles. The van der Waals surface area contributed by atoms with E-state index in [1.54, 1.807) is 0 Å². The van der Waals surface area contributed by atoms with Crippen LogP contribution < -0.4 is 0 Å². The molecular weight excluding hydrogens is 749 g/mol. The predicted molar refractivity (Wildman–Crippen MR) is 252 cm³/mol. The minimum atomic E-state index is 0.714. The maximum atomic E-state index is 5.38. The molecule has 60 heavy (non-hydrogen) atoms. The first-order chi connectivity index (χ1) is 29.7. The number of nitrogens with zero attached hydrogens (tertiary/aromatic N) is 4. The highest BCUT2D eigenvalue weighted by Gasteiger charge is 2.23. The molecule has 0 fully saturated rings. The first kappa shape index (κ1) is 34.3. The van der Waals surface area contributed by atoms with E-state index in [1.807, 2.05) is 47.7 Å². The summed E-state index contributed by atoms with van der Waals surface area (Å²) in [4.78, 5) is 16.6. The topological polar surface area (TPSA) is 43.6 Å². The normalized spacial score (nSPS) is 11.7. The molecule has 0 saturated carbocycles. The Kier molecular flexibility index (Phi) is 8.00. The molecule has 12 rings (SSSR count). The molecular formula is C55H34N4S. The third-order valence-electron chi connectivity index (χ3n) is 11.6. The van der Waals surface area contributed by atoms with E-state index in [0.29, 0.717) is 5.82 Å². The monoisotopic (exact) mass is 782 g/mol. The van der Waals surface area contributed by atoms with Crippen molar-refractivity contribution >= 4 is 64.2 Å². The van der Waals surface area contributed by atoms with Gasteiger partial charge < -0.3 is 4.57 Å². The first-order valence-corrected chi connectivity index (χ1v) is 21.0. The number of rotatable bonds is 6. The molecule has 5 heteroatoms. The predicted octanol–water partition coefficient (Wildman–Crippen LogP) is 14.8. The number of benzene rings is 8. The second-order valence-corrected chi connectivity index (χ2v) is 16.2. The molecule has 0 unspecified atom stereocenters. The first-order valence-electron chi connectivity index (χ1n) is 20.2. The maximum absolute atomic E-state index is 5.38. The Morgan fingerprint density at radius 1 is 0.400 bits per heavy atom. The van der Waals surface area contributed by atoms with Crippen molar-refractivity contribution in [3.63, 3.8) is 0 Å². The van der Waals surface area contributed by atoms with E-state index in [9.17, 15) is 0 Å². The average molecular weight is 783 g/mol. The van der Waals surface area contributed by atoms with Crippen LogP contribution in [0.3, 0.4) is 0 Å². The van der Waals surface area contributed by atoms with Crippen molar-refractivity contribution in [3.05, 3.63) is 206 Å². The molecule has 0 atom stereocenters. The molecule has 0 amide bonds. The van der Waals surface area contributed by atoms with Crippen LogP contribution in [0.5, 0.6) is 0 Å². The summed E-state index contributed by atoms with van der Waals surface area (Å²) in [6.07, 6.45) is 0. The molecule has 8 aromatic carbocycles. The molecule has 280 valence electrons. The van der Waals surface area contributed by atoms with E-state index in [4.69, 9.17) is 15.0 Å². The van der Waals surface area contributed by atoms with E-state index in [1.165, 1.54) is 47.4 Å². The smallest absolute Gasteiger partial charge is 0.160 e. The molecule has 4 aromatic heterocycles. The summed E-state index contributed by atoms with van der Waals surface area (Å²) in [7, 11) is 0. The van der Waals surface area contributed by atoms with E-state index in [0.717, 1.165) is 61.7 Å². The highest BCUT2D eigenvalue weighted by molar-refractivity contribution is 7.26. The van der Waals surface area contributed by atoms with E-state index >= 15 is 0 Å². The van der Waals surface area contributed by atoms with Crippen molar-refractivity contribution in [3.8, 4) is 62.0 Å². The summed E-state index contributed by atoms with van der Waals surface area (Å²) < 4.78 is 3.65. The second-order valence-electron chi connectivity index (χ2n) is 15.2. The Bertz CT molecular complexity index is 3510. The highest BCUT2D eigenvalue weighted by Crippen LogP contribution is 2.48. The van der Waals surface area contributed by atoms with E-state index < -0.39 is 0 Å². The van der Waals surface area contributed by atoms with Crippen molar-refractivity contribution in [2.75, 3.05) is 0 Å². The Labute approximate surface area is 350 Å². The van der Waals surface area contributed by atoms with Gasteiger partial charge in [0.25, 0.3) is 0 Å². The van der Waals surface area contributed by atoms with Crippen LogP contribution in [0.2, 0.25) is 0 Å². The van der Waals surface area contributed by atoms with Crippen molar-refractivity contribution in [2.24, 2.45) is 0 Å². The summed E-state index contributed by atoms with van der Waals surface area (Å²) in [6.45, 7) is 0. The fourth-order valence-corrected chi connectivity index (χ4v) is 10.1. The largest absolute Gasteiger partial charge is 0.301 e. The van der Waals surface area contributed by atoms with Crippen LogP contribution in [0.1, 0.15) is 0 Å². The molecule has 0 bridgehead atoms. The third kappa shape index (κ3) is 5.63. The van der Waals surface area contributed by atoms with Gasteiger partial charge in [0, 0.05) is 49.5 Å². The van der Waals surface area contributed by atoms with Gasteiger partial charge in [0.05, 0.1) is 32.8 Å². The number of thiophene rings is 1. The number of aromatic nitrogens is 4. The van der Waals surface area contributed by atoms with Crippen LogP contribution >= 0.6 is 11.3 Å². The maximum Gasteiger partial charge on any atom is 0.160 e. The summed E-state index contributed by atoms with van der Waals surface area (Å²) in [6, 6.07) is 72.9. The van der Waals surface area contributed by atoms with Gasteiger partial charge in [0.15, 0.2) is 5.82 Å². The van der Waals surface area contributed by atoms with Crippen LogP contribution in [0.4, 0.5) is 0 Å². The van der Waals surface area contributed by atoms with Crippen LogP contribution in [0, 0.1) is 0 Å². The summed E-state index contributed by atoms with van der Waals surface area (Å²) in [5, 5.41) is 7.40. The summed E-state index contributed by atoms with van der Waals surface area (Å²) in [5.41, 5.74) is 12.7. The van der Waals surface area contributed by atoms with Crippen LogP contribution in [-0.4, -0.2) is 19.5 Å². The van der Waals surface area contributed by atoms with Crippen LogP contribution in [0.15, 0.2) is 206 Å². The average Bonchev–Trinajstić information content (AvgIpc) is 3.87. The lowest BCUT2D eigenvalue weighted by atomic mass is 9.99. The molecule has 4 nitrogen and oxygen atoms in total. The van der Waals surface area contributed by atoms with Crippen molar-refractivity contribution in [2.45, 2.75) is 0 Å². The standard InChI is InChI=1S/C55H34N4S/c1-3-15-38(16-4-1)47-34-48(58-54(57-47)40-17-5-2-6-18-40)39-28-26-35(27-29-39)36-30-32-41(33-31-36)59-49-25-12-10-22-45(49)51-50-44-21-9-11-24-46(44)56-52(53(50)60-55(51)59)43-23-13-19-37-14-7-8-20-42(37)43/h1-34H. The van der Waals surface area contributed by atoms with Gasteiger partial charge in [-0.25, -0.2) is 15.0 Å². The number of fused-ring (bicyclic) bond motifs is 8. The Morgan fingerprint density at radius 2 is 0.967 bits per heavy atom. The van der Waals surface area contributed by atoms with Crippen molar-refractivity contribution < 1.29 is 0 Å². The van der Waals surface area contributed by atoms with Gasteiger partial charge in [-0.15, -0.1) is 11.3 Å². The molecule has 0 saturated heterocycles.